The van der Waals surface area contributed by atoms with Crippen molar-refractivity contribution < 1.29 is 9.53 Å². The van der Waals surface area contributed by atoms with Crippen LogP contribution in [0.5, 0.6) is 0 Å². The van der Waals surface area contributed by atoms with Crippen molar-refractivity contribution >= 4 is 5.97 Å². The lowest BCUT2D eigenvalue weighted by Gasteiger charge is -2.29. The minimum Gasteiger partial charge on any atom is -0.455 e. The van der Waals surface area contributed by atoms with Gasteiger partial charge in [0.25, 0.3) is 0 Å². The van der Waals surface area contributed by atoms with E-state index in [-0.39, 0.29) is 5.97 Å². The minimum atomic E-state index is -0.483. The summed E-state index contributed by atoms with van der Waals surface area (Å²) in [7, 11) is 0. The molecule has 0 aliphatic carbocycles. The minimum absolute atomic E-state index is 0.220. The Morgan fingerprint density at radius 3 is 2.44 bits per heavy atom. The van der Waals surface area contributed by atoms with Crippen LogP contribution in [-0.4, -0.2) is 5.97 Å². The summed E-state index contributed by atoms with van der Waals surface area (Å²) < 4.78 is 5.49. The molecule has 16 heavy (non-hydrogen) atoms. The van der Waals surface area contributed by atoms with Gasteiger partial charge in [0.1, 0.15) is 5.60 Å². The molecule has 0 aliphatic heterocycles. The number of benzene rings is 1. The normalized spacial score (nSPS) is 14.2. The van der Waals surface area contributed by atoms with E-state index in [1.807, 2.05) is 37.3 Å². The third-order valence-electron chi connectivity index (χ3n) is 2.76. The fraction of sp³-hybridized carbons (Fsp3) is 0.500. The van der Waals surface area contributed by atoms with E-state index >= 15 is 0 Å². The summed E-state index contributed by atoms with van der Waals surface area (Å²) in [5.41, 5.74) is 0.585. The number of hydrogen-bond acceptors (Lipinski definition) is 2. The van der Waals surface area contributed by atoms with Crippen LogP contribution in [0, 0.1) is 0 Å². The largest absolute Gasteiger partial charge is 0.455 e. The summed E-state index contributed by atoms with van der Waals surface area (Å²) in [6, 6.07) is 9.95. The molecule has 2 nitrogen and oxygen atoms in total. The molecule has 0 heterocycles. The first-order valence-electron chi connectivity index (χ1n) is 5.83. The third kappa shape index (κ3) is 3.37. The van der Waals surface area contributed by atoms with Gasteiger partial charge in [-0.05, 0) is 25.3 Å². The predicted molar refractivity (Wildman–Crippen MR) is 65.1 cm³/mol. The van der Waals surface area contributed by atoms with Crippen LogP contribution in [-0.2, 0) is 15.1 Å². The van der Waals surface area contributed by atoms with Crippen molar-refractivity contribution in [1.82, 2.24) is 0 Å². The monoisotopic (exact) mass is 220 g/mol. The number of unbranched alkanes of at least 4 members (excludes halogenated alkanes) is 1. The molecule has 0 spiro atoms. The summed E-state index contributed by atoms with van der Waals surface area (Å²) in [5, 5.41) is 0. The molecular weight excluding hydrogens is 200 g/mol. The Hall–Kier alpha value is -1.31. The van der Waals surface area contributed by atoms with Gasteiger partial charge >= 0.3 is 5.97 Å². The lowest BCUT2D eigenvalue weighted by molar-refractivity contribution is -0.157. The van der Waals surface area contributed by atoms with Crippen LogP contribution in [0.2, 0.25) is 0 Å². The molecule has 1 aromatic carbocycles. The molecule has 1 unspecified atom stereocenters. The van der Waals surface area contributed by atoms with Crippen molar-refractivity contribution in [1.29, 1.82) is 0 Å². The molecular formula is C14H20O2. The van der Waals surface area contributed by atoms with Crippen LogP contribution in [0.3, 0.4) is 0 Å². The van der Waals surface area contributed by atoms with Crippen LogP contribution in [0.4, 0.5) is 0 Å². The number of hydrogen-bond donors (Lipinski definition) is 0. The average Bonchev–Trinajstić information content (AvgIpc) is 2.27. The number of carbonyl (C=O) groups excluding carboxylic acids is 1. The second kappa shape index (κ2) is 5.69. The standard InChI is InChI=1S/C14H20O2/c1-4-5-11-14(3,16-12(2)15)13-9-7-6-8-10-13/h6-10H,4-5,11H2,1-3H3. The molecule has 0 N–H and O–H groups in total. The summed E-state index contributed by atoms with van der Waals surface area (Å²) in [6.07, 6.45) is 3.02. The Bertz CT molecular complexity index is 332. The van der Waals surface area contributed by atoms with Crippen LogP contribution >= 0.6 is 0 Å². The van der Waals surface area contributed by atoms with Crippen molar-refractivity contribution in [3.63, 3.8) is 0 Å². The van der Waals surface area contributed by atoms with E-state index in [1.54, 1.807) is 0 Å². The first-order chi connectivity index (χ1) is 7.58. The molecule has 0 saturated carbocycles. The van der Waals surface area contributed by atoms with Gasteiger partial charge in [0.05, 0.1) is 0 Å². The quantitative estimate of drug-likeness (QED) is 0.708. The van der Waals surface area contributed by atoms with Gasteiger partial charge in [-0.3, -0.25) is 4.79 Å². The highest BCUT2D eigenvalue weighted by molar-refractivity contribution is 5.66. The number of carbonyl (C=O) groups is 1. The highest BCUT2D eigenvalue weighted by Crippen LogP contribution is 2.31. The lowest BCUT2D eigenvalue weighted by Crippen LogP contribution is -2.28. The van der Waals surface area contributed by atoms with Crippen molar-refractivity contribution in [2.24, 2.45) is 0 Å². The van der Waals surface area contributed by atoms with E-state index in [0.29, 0.717) is 0 Å². The van der Waals surface area contributed by atoms with E-state index in [4.69, 9.17) is 4.74 Å². The Labute approximate surface area is 97.6 Å². The van der Waals surface area contributed by atoms with Gasteiger partial charge < -0.3 is 4.74 Å². The smallest absolute Gasteiger partial charge is 0.303 e. The van der Waals surface area contributed by atoms with Crippen LogP contribution in [0.15, 0.2) is 30.3 Å². The second-order valence-corrected chi connectivity index (χ2v) is 4.29. The zero-order valence-corrected chi connectivity index (χ0v) is 10.3. The van der Waals surface area contributed by atoms with E-state index in [2.05, 4.69) is 6.92 Å². The van der Waals surface area contributed by atoms with E-state index in [9.17, 15) is 4.79 Å². The van der Waals surface area contributed by atoms with E-state index in [0.717, 1.165) is 24.8 Å². The van der Waals surface area contributed by atoms with Crippen LogP contribution in [0.25, 0.3) is 0 Å². The predicted octanol–water partition coefficient (Wildman–Crippen LogP) is 3.66. The van der Waals surface area contributed by atoms with Gasteiger partial charge in [-0.1, -0.05) is 43.7 Å². The summed E-state index contributed by atoms with van der Waals surface area (Å²) in [5.74, 6) is -0.220. The zero-order chi connectivity index (χ0) is 12.0. The summed E-state index contributed by atoms with van der Waals surface area (Å²) in [4.78, 5) is 11.2. The number of rotatable bonds is 5. The molecule has 2 heteroatoms. The molecule has 0 saturated heterocycles. The van der Waals surface area contributed by atoms with Crippen LogP contribution < -0.4 is 0 Å². The molecule has 1 aromatic rings. The van der Waals surface area contributed by atoms with Crippen molar-refractivity contribution in [3.05, 3.63) is 35.9 Å². The number of esters is 1. The van der Waals surface area contributed by atoms with Gasteiger partial charge in [-0.25, -0.2) is 0 Å². The number of ether oxygens (including phenoxy) is 1. The average molecular weight is 220 g/mol. The molecule has 0 aliphatic rings. The Morgan fingerprint density at radius 2 is 1.94 bits per heavy atom. The Morgan fingerprint density at radius 1 is 1.31 bits per heavy atom. The van der Waals surface area contributed by atoms with E-state index in [1.165, 1.54) is 6.92 Å². The van der Waals surface area contributed by atoms with Crippen molar-refractivity contribution in [2.75, 3.05) is 0 Å². The fourth-order valence-corrected chi connectivity index (χ4v) is 1.88. The fourth-order valence-electron chi connectivity index (χ4n) is 1.88. The maximum Gasteiger partial charge on any atom is 0.303 e. The third-order valence-corrected chi connectivity index (χ3v) is 2.76. The molecule has 0 fully saturated rings. The molecule has 88 valence electrons. The van der Waals surface area contributed by atoms with Crippen molar-refractivity contribution in [2.45, 2.75) is 45.6 Å². The lowest BCUT2D eigenvalue weighted by atomic mass is 9.90. The maximum atomic E-state index is 11.2. The Balaban J connectivity index is 2.90. The highest BCUT2D eigenvalue weighted by atomic mass is 16.6. The molecule has 0 radical (unpaired) electrons. The van der Waals surface area contributed by atoms with Gasteiger partial charge in [0.15, 0.2) is 0 Å². The molecule has 1 rings (SSSR count). The first-order valence-corrected chi connectivity index (χ1v) is 5.83. The Kier molecular flexibility index (Phi) is 4.53. The van der Waals surface area contributed by atoms with Crippen LogP contribution in [0.1, 0.15) is 45.6 Å². The molecule has 0 amide bonds. The zero-order valence-electron chi connectivity index (χ0n) is 10.3. The van der Waals surface area contributed by atoms with Gasteiger partial charge in [0.2, 0.25) is 0 Å². The first kappa shape index (κ1) is 12.8. The highest BCUT2D eigenvalue weighted by Gasteiger charge is 2.28. The van der Waals surface area contributed by atoms with Gasteiger partial charge in [-0.15, -0.1) is 0 Å². The summed E-state index contributed by atoms with van der Waals surface area (Å²) >= 11 is 0. The topological polar surface area (TPSA) is 26.3 Å². The molecule has 0 aromatic heterocycles. The second-order valence-electron chi connectivity index (χ2n) is 4.29. The SMILES string of the molecule is CCCCC(C)(OC(C)=O)c1ccccc1. The van der Waals surface area contributed by atoms with Gasteiger partial charge in [0, 0.05) is 6.92 Å². The maximum absolute atomic E-state index is 11.2. The molecule has 0 bridgehead atoms. The van der Waals surface area contributed by atoms with Gasteiger partial charge in [-0.2, -0.15) is 0 Å². The molecule has 1 atom stereocenters. The summed E-state index contributed by atoms with van der Waals surface area (Å²) in [6.45, 7) is 5.59. The van der Waals surface area contributed by atoms with Crippen molar-refractivity contribution in [3.8, 4) is 0 Å². The van der Waals surface area contributed by atoms with E-state index < -0.39 is 5.60 Å².